The number of esters is 2. The molecule has 3 aromatic rings. The van der Waals surface area contributed by atoms with Crippen molar-refractivity contribution in [3.63, 3.8) is 0 Å². The highest BCUT2D eigenvalue weighted by Gasteiger charge is 2.33. The van der Waals surface area contributed by atoms with Crippen LogP contribution in [0.5, 0.6) is 0 Å². The van der Waals surface area contributed by atoms with E-state index < -0.39 is 45.4 Å². The van der Waals surface area contributed by atoms with Gasteiger partial charge in [-0.25, -0.2) is 18.0 Å². The van der Waals surface area contributed by atoms with Gasteiger partial charge in [-0.1, -0.05) is 23.2 Å². The monoisotopic (exact) mass is 835 g/mol. The molecule has 0 saturated carbocycles. The summed E-state index contributed by atoms with van der Waals surface area (Å²) in [5, 5.41) is 9.14. The molecule has 4 rings (SSSR count). The summed E-state index contributed by atoms with van der Waals surface area (Å²) in [6, 6.07) is 12.5. The minimum Gasteiger partial charge on any atom is -0.459 e. The quantitative estimate of drug-likeness (QED) is 0.104. The summed E-state index contributed by atoms with van der Waals surface area (Å²) >= 11 is 12.3. The number of amides is 1. The molecule has 17 heteroatoms. The van der Waals surface area contributed by atoms with Crippen molar-refractivity contribution in [3.8, 4) is 0 Å². The lowest BCUT2D eigenvalue weighted by Crippen LogP contribution is -2.51. The second kappa shape index (κ2) is 16.7. The number of carbonyl (C=O) groups is 3. The molecule has 0 atom stereocenters. The Morgan fingerprint density at radius 3 is 1.95 bits per heavy atom. The van der Waals surface area contributed by atoms with Crippen molar-refractivity contribution in [1.82, 2.24) is 10.2 Å². The molecular formula is C39H53Cl2N6O8S+. The molecule has 0 spiro atoms. The van der Waals surface area contributed by atoms with E-state index >= 15 is 0 Å². The van der Waals surface area contributed by atoms with Crippen molar-refractivity contribution >= 4 is 74.3 Å². The third kappa shape index (κ3) is 12.4. The Morgan fingerprint density at radius 2 is 1.39 bits per heavy atom. The third-order valence-corrected chi connectivity index (χ3v) is 10.3. The Kier molecular flexibility index (Phi) is 13.3. The van der Waals surface area contributed by atoms with Gasteiger partial charge in [0, 0.05) is 22.3 Å². The Morgan fingerprint density at radius 1 is 0.804 bits per heavy atom. The number of anilines is 4. The first-order valence-corrected chi connectivity index (χ1v) is 20.3. The Balaban J connectivity index is 1.61. The first-order valence-electron chi connectivity index (χ1n) is 18.1. The van der Waals surface area contributed by atoms with Crippen molar-refractivity contribution in [2.75, 3.05) is 60.9 Å². The molecule has 56 heavy (non-hydrogen) atoms. The predicted molar refractivity (Wildman–Crippen MR) is 217 cm³/mol. The van der Waals surface area contributed by atoms with Crippen LogP contribution < -0.4 is 14.1 Å². The molecule has 1 aromatic heterocycles. The van der Waals surface area contributed by atoms with Gasteiger partial charge in [-0.3, -0.25) is 14.0 Å². The number of carbonyl (C=O) groups excluding carboxylic acids is 3. The molecule has 1 amide bonds. The number of sulfonamides is 1. The van der Waals surface area contributed by atoms with Gasteiger partial charge in [0.15, 0.2) is 18.2 Å². The van der Waals surface area contributed by atoms with E-state index in [-0.39, 0.29) is 50.0 Å². The van der Waals surface area contributed by atoms with Gasteiger partial charge >= 0.3 is 18.0 Å². The molecule has 0 N–H and O–H groups in total. The van der Waals surface area contributed by atoms with E-state index in [0.717, 1.165) is 15.6 Å². The van der Waals surface area contributed by atoms with Crippen LogP contribution >= 0.6 is 23.2 Å². The number of halogens is 2. The van der Waals surface area contributed by atoms with Crippen LogP contribution in [0.1, 0.15) is 67.9 Å². The van der Waals surface area contributed by atoms with E-state index in [4.69, 9.17) is 37.4 Å². The SMILES string of the molecule is CC(C)(C)OC(=O)CN(c1ccc2c(c1)CCN2c1ccc(N(CC[N+](C)(C)CC(=O)OC(C)(C)C)C(=O)OC(C)(C)C)nn1)S(=O)(=O)c1cc(Cl)cc(Cl)c1. The lowest BCUT2D eigenvalue weighted by atomic mass is 10.1. The number of hydrogen-bond acceptors (Lipinski definition) is 11. The van der Waals surface area contributed by atoms with Crippen LogP contribution in [0.4, 0.5) is 27.8 Å². The maximum Gasteiger partial charge on any atom is 0.416 e. The van der Waals surface area contributed by atoms with Crippen molar-refractivity contribution in [2.45, 2.75) is 90.4 Å². The van der Waals surface area contributed by atoms with Crippen LogP contribution in [0.2, 0.25) is 10.0 Å². The summed E-state index contributed by atoms with van der Waals surface area (Å²) < 4.78 is 46.0. The molecule has 2 aromatic carbocycles. The number of hydrogen-bond donors (Lipinski definition) is 0. The molecule has 2 heterocycles. The summed E-state index contributed by atoms with van der Waals surface area (Å²) in [7, 11) is -0.578. The number of fused-ring (bicyclic) bond motifs is 1. The molecular weight excluding hydrogens is 783 g/mol. The van der Waals surface area contributed by atoms with Crippen LogP contribution in [0.25, 0.3) is 0 Å². The lowest BCUT2D eigenvalue weighted by molar-refractivity contribution is -0.881. The zero-order chi connectivity index (χ0) is 42.0. The Bertz CT molecular complexity index is 2020. The van der Waals surface area contributed by atoms with Gasteiger partial charge < -0.3 is 23.6 Å². The van der Waals surface area contributed by atoms with Crippen LogP contribution in [-0.4, -0.2) is 105 Å². The average molecular weight is 837 g/mol. The molecule has 306 valence electrons. The first kappa shape index (κ1) is 44.5. The minimum atomic E-state index is -4.33. The van der Waals surface area contributed by atoms with Crippen molar-refractivity contribution in [2.24, 2.45) is 0 Å². The smallest absolute Gasteiger partial charge is 0.416 e. The molecule has 0 aliphatic carbocycles. The highest BCUT2D eigenvalue weighted by Crippen LogP contribution is 2.38. The number of aromatic nitrogens is 2. The fraction of sp³-hybridized carbons (Fsp3) is 0.513. The Hall–Kier alpha value is -4.18. The maximum absolute atomic E-state index is 14.0. The molecule has 0 fully saturated rings. The fourth-order valence-electron chi connectivity index (χ4n) is 5.79. The number of likely N-dealkylation sites (N-methyl/N-ethyl adjacent to an activating group) is 1. The van der Waals surface area contributed by atoms with E-state index in [9.17, 15) is 22.8 Å². The molecule has 14 nitrogen and oxygen atoms in total. The van der Waals surface area contributed by atoms with E-state index in [1.54, 1.807) is 71.9 Å². The highest BCUT2D eigenvalue weighted by atomic mass is 35.5. The second-order valence-corrected chi connectivity index (χ2v) is 19.9. The minimum absolute atomic E-state index is 0.0970. The zero-order valence-electron chi connectivity index (χ0n) is 34.0. The number of nitrogens with zero attached hydrogens (tertiary/aromatic N) is 6. The van der Waals surface area contributed by atoms with E-state index in [1.165, 1.54) is 23.1 Å². The summed E-state index contributed by atoms with van der Waals surface area (Å²) in [5.74, 6) is -0.328. The zero-order valence-corrected chi connectivity index (χ0v) is 36.3. The molecule has 0 radical (unpaired) electrons. The first-order chi connectivity index (χ1) is 25.6. The average Bonchev–Trinajstić information content (AvgIpc) is 3.44. The van der Waals surface area contributed by atoms with E-state index in [0.29, 0.717) is 25.3 Å². The van der Waals surface area contributed by atoms with Crippen molar-refractivity contribution in [3.05, 3.63) is 64.1 Å². The fourth-order valence-corrected chi connectivity index (χ4v) is 7.92. The molecule has 0 unspecified atom stereocenters. The van der Waals surface area contributed by atoms with Crippen LogP contribution in [0.15, 0.2) is 53.4 Å². The van der Waals surface area contributed by atoms with Gasteiger partial charge in [0.05, 0.1) is 37.8 Å². The van der Waals surface area contributed by atoms with Crippen molar-refractivity contribution in [1.29, 1.82) is 0 Å². The van der Waals surface area contributed by atoms with Crippen LogP contribution in [-0.2, 0) is 40.2 Å². The summed E-state index contributed by atoms with van der Waals surface area (Å²) in [6.45, 7) is 16.4. The number of benzene rings is 2. The van der Waals surface area contributed by atoms with Crippen LogP contribution in [0.3, 0.4) is 0 Å². The van der Waals surface area contributed by atoms with Gasteiger partial charge in [0.1, 0.15) is 23.3 Å². The lowest BCUT2D eigenvalue weighted by Gasteiger charge is -2.33. The summed E-state index contributed by atoms with van der Waals surface area (Å²) in [6.07, 6.45) is -0.0771. The molecule has 1 aliphatic heterocycles. The maximum atomic E-state index is 14.0. The van der Waals surface area contributed by atoms with E-state index in [1.807, 2.05) is 39.8 Å². The third-order valence-electron chi connectivity index (χ3n) is 8.07. The number of ether oxygens (including phenoxy) is 3. The van der Waals surface area contributed by atoms with Gasteiger partial charge in [-0.15, -0.1) is 10.2 Å². The van der Waals surface area contributed by atoms with Gasteiger partial charge in [-0.05, 0) is 123 Å². The van der Waals surface area contributed by atoms with E-state index in [2.05, 4.69) is 10.2 Å². The van der Waals surface area contributed by atoms with Crippen molar-refractivity contribution < 1.29 is 41.5 Å². The molecule has 1 aliphatic rings. The second-order valence-electron chi connectivity index (χ2n) is 17.2. The Labute approximate surface area is 340 Å². The highest BCUT2D eigenvalue weighted by molar-refractivity contribution is 7.92. The number of quaternary nitrogens is 1. The number of rotatable bonds is 12. The summed E-state index contributed by atoms with van der Waals surface area (Å²) in [5.41, 5.74) is -0.420. The normalized spacial score (nSPS) is 13.6. The predicted octanol–water partition coefficient (Wildman–Crippen LogP) is 7.17. The van der Waals surface area contributed by atoms with Crippen LogP contribution in [0, 0.1) is 0 Å². The standard InChI is InChI=1S/C39H53Cl2N6O8S/c1-37(2,3)53-34(48)24-46(56(51,52)30-22-27(40)21-28(41)23-30)29-12-13-31-26(20-29)16-17-44(31)32-14-15-33(43-42-32)45(36(50)55-39(7,8)9)18-19-47(10,11)25-35(49)54-38(4,5)6/h12-15,20-23H,16-19,24-25H2,1-11H3/q+1. The largest absolute Gasteiger partial charge is 0.459 e. The molecule has 0 bridgehead atoms. The van der Waals surface area contributed by atoms with Gasteiger partial charge in [-0.2, -0.15) is 0 Å². The topological polar surface area (TPSA) is 149 Å². The molecule has 0 saturated heterocycles. The van der Waals surface area contributed by atoms with Gasteiger partial charge in [0.25, 0.3) is 10.0 Å². The van der Waals surface area contributed by atoms with Gasteiger partial charge in [0.2, 0.25) is 0 Å². The summed E-state index contributed by atoms with van der Waals surface area (Å²) in [4.78, 5) is 42.2.